The summed E-state index contributed by atoms with van der Waals surface area (Å²) in [5.41, 5.74) is 10.2. The van der Waals surface area contributed by atoms with Crippen LogP contribution in [0.3, 0.4) is 0 Å². The Morgan fingerprint density at radius 2 is 0.929 bits per heavy atom. The van der Waals surface area contributed by atoms with E-state index in [0.29, 0.717) is 0 Å². The Hall–Kier alpha value is -2.21. The summed E-state index contributed by atoms with van der Waals surface area (Å²) in [6.07, 6.45) is 4.81. The van der Waals surface area contributed by atoms with Crippen LogP contribution in [-0.4, -0.2) is 24.2 Å². The minimum absolute atomic E-state index is 0.0897. The molecule has 0 radical (unpaired) electrons. The number of benzene rings is 3. The van der Waals surface area contributed by atoms with E-state index in [4.69, 9.17) is 0 Å². The number of hydrogen-bond acceptors (Lipinski definition) is 0. The summed E-state index contributed by atoms with van der Waals surface area (Å²) in [6, 6.07) is 23.2. The zero-order valence-electron chi connectivity index (χ0n) is 29.2. The Kier molecular flexibility index (Phi) is 8.86. The molecule has 0 heterocycles. The highest BCUT2D eigenvalue weighted by molar-refractivity contribution is 7.14. The lowest BCUT2D eigenvalue weighted by Crippen LogP contribution is -2.74. The van der Waals surface area contributed by atoms with Gasteiger partial charge < -0.3 is 0 Å². The standard InChI is InChI=1S/C39H56Si3/c1-15-32-20-33(16-2)22-37(21-32)42(36-18-27(3)17-28(4)19-36,39(8)26-29(5)30(6)31(39)7)38-24-34(40(9,10)11)23-35(25-38)41(12,13)14/h17-26H,15-16H2,1-14H3. The van der Waals surface area contributed by atoms with Gasteiger partial charge in [-0.3, -0.25) is 0 Å². The predicted octanol–water partition coefficient (Wildman–Crippen LogP) is 8.05. The first-order valence-electron chi connectivity index (χ1n) is 16.1. The van der Waals surface area contributed by atoms with Crippen LogP contribution < -0.4 is 25.9 Å². The lowest BCUT2D eigenvalue weighted by atomic mass is 10.0. The van der Waals surface area contributed by atoms with Crippen LogP contribution in [-0.2, 0) is 12.8 Å². The molecular formula is C39H56Si3. The normalized spacial score (nSPS) is 19.2. The fourth-order valence-electron chi connectivity index (χ4n) is 7.41. The van der Waals surface area contributed by atoms with Gasteiger partial charge in [0.05, 0.1) is 16.1 Å². The van der Waals surface area contributed by atoms with E-state index in [2.05, 4.69) is 155 Å². The van der Waals surface area contributed by atoms with E-state index in [9.17, 15) is 0 Å². The molecule has 1 aliphatic carbocycles. The van der Waals surface area contributed by atoms with Crippen LogP contribution in [0.1, 0.15) is 63.8 Å². The predicted molar refractivity (Wildman–Crippen MR) is 199 cm³/mol. The molecule has 1 aliphatic rings. The number of allylic oxidation sites excluding steroid dienone is 4. The fourth-order valence-corrected chi connectivity index (χ4v) is 16.6. The molecule has 0 nitrogen and oxygen atoms in total. The maximum Gasteiger partial charge on any atom is 0.161 e. The average molecular weight is 609 g/mol. The van der Waals surface area contributed by atoms with Crippen molar-refractivity contribution in [3.63, 3.8) is 0 Å². The van der Waals surface area contributed by atoms with Gasteiger partial charge in [-0.05, 0) is 79.7 Å². The van der Waals surface area contributed by atoms with Gasteiger partial charge in [-0.15, -0.1) is 0 Å². The topological polar surface area (TPSA) is 0 Å². The number of hydrogen-bond donors (Lipinski definition) is 0. The highest BCUT2D eigenvalue weighted by Gasteiger charge is 2.56. The van der Waals surface area contributed by atoms with Gasteiger partial charge in [0.15, 0.2) is 8.07 Å². The quantitative estimate of drug-likeness (QED) is 0.179. The zero-order chi connectivity index (χ0) is 31.4. The molecule has 0 amide bonds. The summed E-state index contributed by atoms with van der Waals surface area (Å²) >= 11 is 0. The third kappa shape index (κ3) is 5.57. The lowest BCUT2D eigenvalue weighted by Gasteiger charge is -2.48. The van der Waals surface area contributed by atoms with Crippen molar-refractivity contribution in [1.29, 1.82) is 0 Å². The molecule has 0 aliphatic heterocycles. The van der Waals surface area contributed by atoms with Crippen molar-refractivity contribution in [3.05, 3.63) is 99.6 Å². The average Bonchev–Trinajstić information content (AvgIpc) is 3.09. The maximum absolute atomic E-state index is 2.73. The molecule has 0 bridgehead atoms. The Labute approximate surface area is 261 Å². The van der Waals surface area contributed by atoms with Crippen LogP contribution in [0.4, 0.5) is 0 Å². The highest BCUT2D eigenvalue weighted by atomic mass is 28.3. The first-order valence-corrected chi connectivity index (χ1v) is 25.1. The summed E-state index contributed by atoms with van der Waals surface area (Å²) in [4.78, 5) is 0. The second-order valence-corrected chi connectivity index (χ2v) is 29.9. The van der Waals surface area contributed by atoms with Crippen molar-refractivity contribution >= 4 is 50.2 Å². The summed E-state index contributed by atoms with van der Waals surface area (Å²) in [5.74, 6) is 0. The van der Waals surface area contributed by atoms with Crippen molar-refractivity contribution in [3.8, 4) is 0 Å². The van der Waals surface area contributed by atoms with Crippen LogP contribution in [0.2, 0.25) is 44.3 Å². The van der Waals surface area contributed by atoms with Crippen LogP contribution >= 0.6 is 0 Å². The molecule has 2 unspecified atom stereocenters. The summed E-state index contributed by atoms with van der Waals surface area (Å²) < 4.78 is 0. The third-order valence-corrected chi connectivity index (χ3v) is 19.9. The van der Waals surface area contributed by atoms with Crippen molar-refractivity contribution in [2.75, 3.05) is 0 Å². The van der Waals surface area contributed by atoms with E-state index in [1.807, 2.05) is 0 Å². The minimum Gasteiger partial charge on any atom is -0.0730 e. The SMILES string of the molecule is CCc1cc(CC)cc([Si](c2cc(C)cc(C)c2)(c2cc([Si](C)(C)C)cc([Si](C)(C)C)c2)C2(C)C=C(C)C(C)=C2C)c1. The van der Waals surface area contributed by atoms with Crippen molar-refractivity contribution in [2.45, 2.75) is 113 Å². The van der Waals surface area contributed by atoms with E-state index in [1.54, 1.807) is 31.5 Å². The van der Waals surface area contributed by atoms with Gasteiger partial charge in [-0.1, -0.05) is 153 Å². The summed E-state index contributed by atoms with van der Waals surface area (Å²) in [5, 5.41) is 7.89. The Morgan fingerprint density at radius 1 is 0.524 bits per heavy atom. The molecule has 0 aromatic heterocycles. The van der Waals surface area contributed by atoms with E-state index >= 15 is 0 Å². The zero-order valence-corrected chi connectivity index (χ0v) is 32.2. The van der Waals surface area contributed by atoms with Crippen LogP contribution in [0.25, 0.3) is 0 Å². The Morgan fingerprint density at radius 3 is 1.31 bits per heavy atom. The molecular weight excluding hydrogens is 553 g/mol. The van der Waals surface area contributed by atoms with E-state index in [0.717, 1.165) is 12.8 Å². The van der Waals surface area contributed by atoms with Crippen molar-refractivity contribution in [2.24, 2.45) is 0 Å². The lowest BCUT2D eigenvalue weighted by molar-refractivity contribution is 0.870. The van der Waals surface area contributed by atoms with Gasteiger partial charge in [0.25, 0.3) is 0 Å². The smallest absolute Gasteiger partial charge is 0.0730 e. The monoisotopic (exact) mass is 608 g/mol. The molecule has 3 aromatic rings. The minimum atomic E-state index is -2.73. The second kappa shape index (κ2) is 11.4. The van der Waals surface area contributed by atoms with Crippen molar-refractivity contribution in [1.82, 2.24) is 0 Å². The molecule has 0 saturated carbocycles. The highest BCUT2D eigenvalue weighted by Crippen LogP contribution is 2.53. The maximum atomic E-state index is 2.71. The second-order valence-electron chi connectivity index (χ2n) is 15.5. The van der Waals surface area contributed by atoms with Gasteiger partial charge in [0, 0.05) is 5.04 Å². The first kappa shape index (κ1) is 32.7. The number of rotatable bonds is 8. The molecule has 42 heavy (non-hydrogen) atoms. The number of aryl methyl sites for hydroxylation is 4. The first-order chi connectivity index (χ1) is 19.4. The molecule has 2 atom stereocenters. The van der Waals surface area contributed by atoms with Crippen LogP contribution in [0.5, 0.6) is 0 Å². The van der Waals surface area contributed by atoms with Crippen LogP contribution in [0.15, 0.2) is 77.4 Å². The Balaban J connectivity index is 2.38. The van der Waals surface area contributed by atoms with Gasteiger partial charge >= 0.3 is 0 Å². The van der Waals surface area contributed by atoms with Crippen LogP contribution in [0, 0.1) is 13.8 Å². The van der Waals surface area contributed by atoms with Gasteiger partial charge in [0.1, 0.15) is 0 Å². The Bertz CT molecular complexity index is 1500. The summed E-state index contributed by atoms with van der Waals surface area (Å²) in [7, 11) is -5.94. The third-order valence-electron chi connectivity index (χ3n) is 10.3. The van der Waals surface area contributed by atoms with E-state index in [1.165, 1.54) is 33.4 Å². The van der Waals surface area contributed by atoms with E-state index < -0.39 is 24.2 Å². The van der Waals surface area contributed by atoms with Gasteiger partial charge in [-0.2, -0.15) is 0 Å². The molecule has 0 saturated heterocycles. The molecule has 4 rings (SSSR count). The molecule has 3 heteroatoms. The van der Waals surface area contributed by atoms with Gasteiger partial charge in [-0.25, -0.2) is 0 Å². The largest absolute Gasteiger partial charge is 0.161 e. The molecule has 0 spiro atoms. The van der Waals surface area contributed by atoms with Gasteiger partial charge in [0.2, 0.25) is 0 Å². The fraction of sp³-hybridized carbons (Fsp3) is 0.436. The molecule has 3 aromatic carbocycles. The van der Waals surface area contributed by atoms with E-state index in [-0.39, 0.29) is 5.04 Å². The molecule has 0 N–H and O–H groups in total. The molecule has 224 valence electrons. The molecule has 0 fully saturated rings. The summed E-state index contributed by atoms with van der Waals surface area (Å²) in [6.45, 7) is 34.2. The van der Waals surface area contributed by atoms with Crippen molar-refractivity contribution < 1.29 is 0 Å².